The zero-order valence-electron chi connectivity index (χ0n) is 31.7. The van der Waals surface area contributed by atoms with Gasteiger partial charge in [0.2, 0.25) is 0 Å². The summed E-state index contributed by atoms with van der Waals surface area (Å²) in [5, 5.41) is 40.7. The highest BCUT2D eigenvalue weighted by Gasteiger charge is 2.50. The van der Waals surface area contributed by atoms with E-state index in [1.54, 1.807) is 0 Å². The summed E-state index contributed by atoms with van der Waals surface area (Å²) in [6, 6.07) is 39.2. The molecular weight excluding hydrogens is 732 g/mol. The number of aliphatic hydroxyl groups is 4. The van der Waals surface area contributed by atoms with Crippen LogP contribution in [-0.4, -0.2) is 94.9 Å². The zero-order valence-corrected chi connectivity index (χ0v) is 31.7. The molecule has 0 aliphatic carbocycles. The van der Waals surface area contributed by atoms with Gasteiger partial charge in [-0.2, -0.15) is 0 Å². The van der Waals surface area contributed by atoms with Gasteiger partial charge in [0, 0.05) is 12.3 Å². The largest absolute Gasteiger partial charge is 0.509 e. The van der Waals surface area contributed by atoms with Crippen molar-refractivity contribution in [2.24, 2.45) is 5.92 Å². The molecule has 304 valence electrons. The second-order valence-electron chi connectivity index (χ2n) is 14.4. The molecule has 4 aromatic carbocycles. The number of ether oxygens (including phenoxy) is 7. The minimum absolute atomic E-state index is 0.0360. The van der Waals surface area contributed by atoms with Gasteiger partial charge in [-0.25, -0.2) is 4.79 Å². The number of carbonyl (C=O) groups excluding carboxylic acids is 1. The maximum Gasteiger partial charge on any atom is 0.509 e. The third kappa shape index (κ3) is 12.0. The third-order valence-electron chi connectivity index (χ3n) is 10.1. The molecule has 3 unspecified atom stereocenters. The van der Waals surface area contributed by atoms with Gasteiger partial charge in [0.1, 0.15) is 36.6 Å². The third-order valence-corrected chi connectivity index (χ3v) is 10.1. The first-order valence-corrected chi connectivity index (χ1v) is 19.2. The van der Waals surface area contributed by atoms with Crippen molar-refractivity contribution in [1.82, 2.24) is 0 Å². The van der Waals surface area contributed by atoms with E-state index in [9.17, 15) is 25.2 Å². The lowest BCUT2D eigenvalue weighted by Gasteiger charge is -2.46. The molecule has 0 amide bonds. The van der Waals surface area contributed by atoms with E-state index in [2.05, 4.69) is 6.58 Å². The lowest BCUT2D eigenvalue weighted by molar-refractivity contribution is -0.313. The SMILES string of the molecule is C=C(CC1C(OCc2ccccc2)[C@H](OCc2ccccc2)O[C@@H](COCc2ccccc2)[C@@H]1OCc1ccccc1)C[C@H]1OC(=O)O[C@@H]1C(O)[C@H](O)[C@H](O)CO. The van der Waals surface area contributed by atoms with Gasteiger partial charge in [0.25, 0.3) is 0 Å². The van der Waals surface area contributed by atoms with Crippen molar-refractivity contribution in [1.29, 1.82) is 0 Å². The molecule has 0 spiro atoms. The minimum Gasteiger partial charge on any atom is -0.427 e. The number of hydrogen-bond acceptors (Lipinski definition) is 12. The van der Waals surface area contributed by atoms with Crippen LogP contribution in [0.15, 0.2) is 133 Å². The van der Waals surface area contributed by atoms with Gasteiger partial charge in [0.05, 0.1) is 45.7 Å². The van der Waals surface area contributed by atoms with Crippen molar-refractivity contribution in [3.05, 3.63) is 156 Å². The van der Waals surface area contributed by atoms with Gasteiger partial charge < -0.3 is 53.6 Å². The Labute approximate surface area is 333 Å². The average Bonchev–Trinajstić information content (AvgIpc) is 3.61. The summed E-state index contributed by atoms with van der Waals surface area (Å²) < 4.78 is 43.9. The van der Waals surface area contributed by atoms with Crippen LogP contribution < -0.4 is 0 Å². The molecule has 2 fully saturated rings. The molecule has 4 aromatic rings. The predicted molar refractivity (Wildman–Crippen MR) is 208 cm³/mol. The lowest BCUT2D eigenvalue weighted by Crippen LogP contribution is -2.58. The van der Waals surface area contributed by atoms with Crippen LogP contribution in [0.1, 0.15) is 35.1 Å². The van der Waals surface area contributed by atoms with E-state index in [1.807, 2.05) is 121 Å². The Morgan fingerprint density at radius 2 is 1.12 bits per heavy atom. The van der Waals surface area contributed by atoms with Crippen LogP contribution in [0, 0.1) is 5.92 Å². The van der Waals surface area contributed by atoms with Crippen molar-refractivity contribution in [3.8, 4) is 0 Å². The second kappa shape index (κ2) is 21.3. The number of aliphatic hydroxyl groups excluding tert-OH is 4. The molecule has 2 aliphatic rings. The number of rotatable bonds is 21. The van der Waals surface area contributed by atoms with Gasteiger partial charge in [-0.1, -0.05) is 133 Å². The Balaban J connectivity index is 1.30. The highest BCUT2D eigenvalue weighted by atomic mass is 16.8. The highest BCUT2D eigenvalue weighted by Crippen LogP contribution is 2.38. The van der Waals surface area contributed by atoms with E-state index < -0.39 is 73.8 Å². The van der Waals surface area contributed by atoms with E-state index in [0.717, 1.165) is 22.3 Å². The Hall–Kier alpha value is -4.47. The van der Waals surface area contributed by atoms with E-state index in [1.165, 1.54) is 0 Å². The predicted octanol–water partition coefficient (Wildman–Crippen LogP) is 5.25. The Kier molecular flexibility index (Phi) is 15.8. The minimum atomic E-state index is -1.80. The highest BCUT2D eigenvalue weighted by molar-refractivity contribution is 5.62. The van der Waals surface area contributed by atoms with Crippen molar-refractivity contribution in [2.75, 3.05) is 13.2 Å². The van der Waals surface area contributed by atoms with Crippen LogP contribution in [0.25, 0.3) is 0 Å². The summed E-state index contributed by atoms with van der Waals surface area (Å²) in [4.78, 5) is 12.4. The molecule has 0 bridgehead atoms. The topological polar surface area (TPSA) is 163 Å². The molecule has 2 heterocycles. The molecule has 12 nitrogen and oxygen atoms in total. The van der Waals surface area contributed by atoms with E-state index >= 15 is 0 Å². The first-order chi connectivity index (χ1) is 27.8. The molecule has 12 heteroatoms. The fourth-order valence-corrected chi connectivity index (χ4v) is 7.16. The summed E-state index contributed by atoms with van der Waals surface area (Å²) in [5.41, 5.74) is 4.46. The summed E-state index contributed by atoms with van der Waals surface area (Å²) in [7, 11) is 0. The van der Waals surface area contributed by atoms with Crippen molar-refractivity contribution < 1.29 is 58.4 Å². The molecule has 57 heavy (non-hydrogen) atoms. The summed E-state index contributed by atoms with van der Waals surface area (Å²) >= 11 is 0. The van der Waals surface area contributed by atoms with Gasteiger partial charge in [0.15, 0.2) is 12.4 Å². The molecule has 0 saturated carbocycles. The quantitative estimate of drug-likeness (QED) is 0.0643. The van der Waals surface area contributed by atoms with Crippen molar-refractivity contribution >= 4 is 6.16 Å². The first-order valence-electron chi connectivity index (χ1n) is 19.2. The number of cyclic esters (lactones) is 2. The Morgan fingerprint density at radius 3 is 1.65 bits per heavy atom. The molecule has 0 aromatic heterocycles. The monoisotopic (exact) mass is 784 g/mol. The maximum absolute atomic E-state index is 12.4. The molecule has 2 aliphatic heterocycles. The van der Waals surface area contributed by atoms with Crippen LogP contribution in [0.5, 0.6) is 0 Å². The van der Waals surface area contributed by atoms with Gasteiger partial charge >= 0.3 is 6.16 Å². The van der Waals surface area contributed by atoms with Crippen LogP contribution in [0.3, 0.4) is 0 Å². The molecule has 4 N–H and O–H groups in total. The first kappa shape index (κ1) is 42.1. The van der Waals surface area contributed by atoms with Crippen molar-refractivity contribution in [3.63, 3.8) is 0 Å². The molecule has 0 radical (unpaired) electrons. The molecule has 6 rings (SSSR count). The van der Waals surface area contributed by atoms with Crippen molar-refractivity contribution in [2.45, 2.75) is 94.4 Å². The smallest absolute Gasteiger partial charge is 0.427 e. The Bertz CT molecular complexity index is 1780. The molecule has 2 saturated heterocycles. The zero-order chi connectivity index (χ0) is 40.0. The number of hydrogen-bond donors (Lipinski definition) is 4. The molecule has 10 atom stereocenters. The van der Waals surface area contributed by atoms with Gasteiger partial charge in [-0.15, -0.1) is 0 Å². The summed E-state index contributed by atoms with van der Waals surface area (Å²) in [6.07, 6.45) is -11.1. The fraction of sp³-hybridized carbons (Fsp3) is 0.400. The van der Waals surface area contributed by atoms with Crippen LogP contribution >= 0.6 is 0 Å². The van der Waals surface area contributed by atoms with E-state index in [-0.39, 0.29) is 39.3 Å². The second-order valence-corrected chi connectivity index (χ2v) is 14.4. The maximum atomic E-state index is 12.4. The van der Waals surface area contributed by atoms with Gasteiger partial charge in [-0.3, -0.25) is 0 Å². The van der Waals surface area contributed by atoms with E-state index in [0.29, 0.717) is 12.2 Å². The number of benzene rings is 4. The standard InChI is InChI=1S/C45H52O12/c1-30(23-37-43(57-45(50)56-37)40(49)39(48)36(47)24-46)22-35-41(52-26-32-16-8-3-9-17-32)38(29-51-25-31-14-6-2-7-15-31)55-44(54-28-34-20-12-5-13-21-34)42(35)53-27-33-18-10-4-11-19-33/h2-21,35-44,46-49H,1,22-29H2/t35?,36-,37-,38+,39-,40?,41-,42?,43+,44-/m1/s1. The summed E-state index contributed by atoms with van der Waals surface area (Å²) in [6.45, 7) is 4.84. The lowest BCUT2D eigenvalue weighted by atomic mass is 9.82. The van der Waals surface area contributed by atoms with Crippen LogP contribution in [-0.2, 0) is 59.6 Å². The van der Waals surface area contributed by atoms with Crippen LogP contribution in [0.2, 0.25) is 0 Å². The fourth-order valence-electron chi connectivity index (χ4n) is 7.16. The average molecular weight is 785 g/mol. The molecular formula is C45H52O12. The Morgan fingerprint density at radius 1 is 0.632 bits per heavy atom. The van der Waals surface area contributed by atoms with E-state index in [4.69, 9.17) is 33.2 Å². The number of carbonyl (C=O) groups is 1. The normalized spacial score (nSPS) is 24.9. The summed E-state index contributed by atoms with van der Waals surface area (Å²) in [5.74, 6) is -0.451. The van der Waals surface area contributed by atoms with Crippen LogP contribution in [0.4, 0.5) is 4.79 Å². The van der Waals surface area contributed by atoms with Gasteiger partial charge in [-0.05, 0) is 28.7 Å².